The number of nitrogens with one attached hydrogen (secondary N) is 1. The fraction of sp³-hybridized carbons (Fsp3) is 0.647. The molecular formula is C17H27BrN2. The van der Waals surface area contributed by atoms with Crippen molar-refractivity contribution < 1.29 is 0 Å². The maximum absolute atomic E-state index is 3.74. The summed E-state index contributed by atoms with van der Waals surface area (Å²) < 4.78 is 1.25. The molecule has 1 N–H and O–H groups in total. The molecule has 20 heavy (non-hydrogen) atoms. The van der Waals surface area contributed by atoms with Crippen LogP contribution in [0.5, 0.6) is 0 Å². The minimum Gasteiger partial charge on any atom is -0.316 e. The third-order valence-electron chi connectivity index (χ3n) is 4.37. The number of nitrogens with zero attached hydrogens (tertiary/aromatic N) is 1. The minimum absolute atomic E-state index is 0.789. The standard InChI is InChI=1S/C17H27BrN2/c1-3-20(16-7-5-4-6-8-16)13-15-10-9-14(12-19-2)11-17(15)18/h9-11,16,19H,3-8,12-13H2,1-2H3. The van der Waals surface area contributed by atoms with Crippen molar-refractivity contribution in [3.8, 4) is 0 Å². The average molecular weight is 339 g/mol. The molecule has 1 aromatic rings. The highest BCUT2D eigenvalue weighted by Crippen LogP contribution is 2.26. The van der Waals surface area contributed by atoms with Gasteiger partial charge in [-0.3, -0.25) is 4.90 Å². The van der Waals surface area contributed by atoms with E-state index in [0.29, 0.717) is 0 Å². The third kappa shape index (κ3) is 4.31. The number of hydrogen-bond acceptors (Lipinski definition) is 2. The van der Waals surface area contributed by atoms with E-state index in [-0.39, 0.29) is 0 Å². The summed E-state index contributed by atoms with van der Waals surface area (Å²) in [5, 5.41) is 3.20. The van der Waals surface area contributed by atoms with Crippen molar-refractivity contribution in [2.24, 2.45) is 0 Å². The van der Waals surface area contributed by atoms with Crippen LogP contribution >= 0.6 is 15.9 Å². The molecule has 0 bridgehead atoms. The first kappa shape index (κ1) is 16.0. The summed E-state index contributed by atoms with van der Waals surface area (Å²) >= 11 is 3.74. The van der Waals surface area contributed by atoms with Gasteiger partial charge >= 0.3 is 0 Å². The molecule has 2 nitrogen and oxygen atoms in total. The lowest BCUT2D eigenvalue weighted by Crippen LogP contribution is -2.36. The van der Waals surface area contributed by atoms with Crippen molar-refractivity contribution in [1.29, 1.82) is 0 Å². The molecule has 0 aliphatic heterocycles. The second kappa shape index (κ2) is 8.16. The van der Waals surface area contributed by atoms with Crippen molar-refractivity contribution in [2.75, 3.05) is 13.6 Å². The van der Waals surface area contributed by atoms with E-state index in [1.54, 1.807) is 0 Å². The van der Waals surface area contributed by atoms with Gasteiger partial charge in [0.2, 0.25) is 0 Å². The zero-order valence-electron chi connectivity index (χ0n) is 12.8. The third-order valence-corrected chi connectivity index (χ3v) is 5.11. The minimum atomic E-state index is 0.789. The summed E-state index contributed by atoms with van der Waals surface area (Å²) in [5.74, 6) is 0. The quantitative estimate of drug-likeness (QED) is 0.830. The van der Waals surface area contributed by atoms with Crippen LogP contribution in [-0.4, -0.2) is 24.5 Å². The van der Waals surface area contributed by atoms with E-state index in [2.05, 4.69) is 51.3 Å². The van der Waals surface area contributed by atoms with E-state index in [9.17, 15) is 0 Å². The zero-order chi connectivity index (χ0) is 14.4. The van der Waals surface area contributed by atoms with Gasteiger partial charge in [-0.05, 0) is 43.6 Å². The number of rotatable bonds is 6. The Morgan fingerprint density at radius 1 is 1.25 bits per heavy atom. The van der Waals surface area contributed by atoms with Crippen LogP contribution in [0.25, 0.3) is 0 Å². The lowest BCUT2D eigenvalue weighted by atomic mass is 9.94. The summed E-state index contributed by atoms with van der Waals surface area (Å²) in [7, 11) is 1.99. The molecule has 0 aromatic heterocycles. The smallest absolute Gasteiger partial charge is 0.0247 e. The molecule has 0 unspecified atom stereocenters. The molecule has 0 radical (unpaired) electrons. The van der Waals surface area contributed by atoms with E-state index in [0.717, 1.165) is 25.7 Å². The Labute approximate surface area is 132 Å². The average Bonchev–Trinajstić information content (AvgIpc) is 2.48. The Balaban J connectivity index is 2.03. The highest BCUT2D eigenvalue weighted by atomic mass is 79.9. The zero-order valence-corrected chi connectivity index (χ0v) is 14.4. The molecule has 2 rings (SSSR count). The van der Waals surface area contributed by atoms with Gasteiger partial charge < -0.3 is 5.32 Å². The molecule has 1 aliphatic rings. The normalized spacial score (nSPS) is 16.8. The van der Waals surface area contributed by atoms with Crippen molar-refractivity contribution in [2.45, 2.75) is 58.2 Å². The van der Waals surface area contributed by atoms with E-state index < -0.39 is 0 Å². The molecule has 3 heteroatoms. The SMILES string of the molecule is CCN(Cc1ccc(CNC)cc1Br)C1CCCCC1. The number of benzene rings is 1. The van der Waals surface area contributed by atoms with Crippen LogP contribution in [0.4, 0.5) is 0 Å². The van der Waals surface area contributed by atoms with Crippen LogP contribution in [-0.2, 0) is 13.1 Å². The first-order chi connectivity index (χ1) is 9.74. The van der Waals surface area contributed by atoms with Gasteiger partial charge in [0.25, 0.3) is 0 Å². The maximum Gasteiger partial charge on any atom is 0.0247 e. The van der Waals surface area contributed by atoms with Gasteiger partial charge in [0.1, 0.15) is 0 Å². The van der Waals surface area contributed by atoms with Gasteiger partial charge in [-0.1, -0.05) is 54.2 Å². The van der Waals surface area contributed by atoms with E-state index in [1.807, 2.05) is 7.05 Å². The Hall–Kier alpha value is -0.380. The summed E-state index contributed by atoms with van der Waals surface area (Å²) in [4.78, 5) is 2.65. The van der Waals surface area contributed by atoms with Crippen LogP contribution in [0, 0.1) is 0 Å². The largest absolute Gasteiger partial charge is 0.316 e. The van der Waals surface area contributed by atoms with E-state index >= 15 is 0 Å². The molecule has 0 spiro atoms. The van der Waals surface area contributed by atoms with Gasteiger partial charge in [-0.25, -0.2) is 0 Å². The molecule has 1 aliphatic carbocycles. The monoisotopic (exact) mass is 338 g/mol. The van der Waals surface area contributed by atoms with Crippen molar-refractivity contribution in [3.63, 3.8) is 0 Å². The molecule has 112 valence electrons. The highest BCUT2D eigenvalue weighted by molar-refractivity contribution is 9.10. The van der Waals surface area contributed by atoms with Gasteiger partial charge in [0, 0.05) is 23.6 Å². The molecule has 0 saturated heterocycles. The lowest BCUT2D eigenvalue weighted by molar-refractivity contribution is 0.155. The topological polar surface area (TPSA) is 15.3 Å². The van der Waals surface area contributed by atoms with Crippen molar-refractivity contribution in [3.05, 3.63) is 33.8 Å². The molecule has 1 fully saturated rings. The molecule has 0 heterocycles. The number of halogens is 1. The first-order valence-corrected chi connectivity index (χ1v) is 8.69. The summed E-state index contributed by atoms with van der Waals surface area (Å²) in [6.45, 7) is 5.44. The number of hydrogen-bond donors (Lipinski definition) is 1. The summed E-state index contributed by atoms with van der Waals surface area (Å²) in [5.41, 5.74) is 2.75. The fourth-order valence-corrected chi connectivity index (χ4v) is 3.75. The Kier molecular flexibility index (Phi) is 6.53. The fourth-order valence-electron chi connectivity index (χ4n) is 3.20. The predicted molar refractivity (Wildman–Crippen MR) is 89.9 cm³/mol. The van der Waals surface area contributed by atoms with Crippen LogP contribution in [0.3, 0.4) is 0 Å². The summed E-state index contributed by atoms with van der Waals surface area (Å²) in [6, 6.07) is 7.56. The van der Waals surface area contributed by atoms with Gasteiger partial charge in [-0.2, -0.15) is 0 Å². The second-order valence-electron chi connectivity index (χ2n) is 5.81. The molecule has 1 saturated carbocycles. The molecule has 0 amide bonds. The van der Waals surface area contributed by atoms with Gasteiger partial charge in [0.15, 0.2) is 0 Å². The molecule has 0 atom stereocenters. The van der Waals surface area contributed by atoms with Crippen LogP contribution in [0.1, 0.15) is 50.2 Å². The Bertz CT molecular complexity index is 413. The maximum atomic E-state index is 3.74. The van der Waals surface area contributed by atoms with Crippen molar-refractivity contribution >= 4 is 15.9 Å². The Morgan fingerprint density at radius 2 is 2.00 bits per heavy atom. The van der Waals surface area contributed by atoms with Crippen LogP contribution < -0.4 is 5.32 Å². The van der Waals surface area contributed by atoms with Crippen LogP contribution in [0.2, 0.25) is 0 Å². The van der Waals surface area contributed by atoms with E-state index in [4.69, 9.17) is 0 Å². The second-order valence-corrected chi connectivity index (χ2v) is 6.67. The van der Waals surface area contributed by atoms with E-state index in [1.165, 1.54) is 47.7 Å². The summed E-state index contributed by atoms with van der Waals surface area (Å²) in [6.07, 6.45) is 7.00. The molecule has 1 aromatic carbocycles. The van der Waals surface area contributed by atoms with Gasteiger partial charge in [-0.15, -0.1) is 0 Å². The van der Waals surface area contributed by atoms with Crippen molar-refractivity contribution in [1.82, 2.24) is 10.2 Å². The first-order valence-electron chi connectivity index (χ1n) is 7.90. The van der Waals surface area contributed by atoms with Crippen LogP contribution in [0.15, 0.2) is 22.7 Å². The predicted octanol–water partition coefficient (Wildman–Crippen LogP) is 4.32. The molecular weight excluding hydrogens is 312 g/mol. The highest BCUT2D eigenvalue weighted by Gasteiger charge is 2.20. The van der Waals surface area contributed by atoms with Gasteiger partial charge in [0.05, 0.1) is 0 Å². The Morgan fingerprint density at radius 3 is 2.60 bits per heavy atom. The lowest BCUT2D eigenvalue weighted by Gasteiger charge is -2.33.